The van der Waals surface area contributed by atoms with Crippen molar-refractivity contribution in [2.75, 3.05) is 5.32 Å². The standard InChI is InChI=1S/C26H32N4O4S/c1-15(2)22(29-23(32)17-7-9-18(10-8-17)26(4,5)6)24(33)30-25-28-20(14-35-25)21-12-11-19(34-21)13-27-16(3)31/h7-12,14-15,22H,13H2,1-6H3,(H,27,31)(H,29,32)(H,28,30,33)/t22-/m0/s1. The second-order valence-corrected chi connectivity index (χ2v) is 10.6. The number of hydrogen-bond acceptors (Lipinski definition) is 6. The van der Waals surface area contributed by atoms with Crippen LogP contribution in [0.5, 0.6) is 0 Å². The normalized spacial score (nSPS) is 12.3. The number of nitrogens with one attached hydrogen (secondary N) is 3. The number of aromatic nitrogens is 1. The van der Waals surface area contributed by atoms with Crippen LogP contribution in [-0.4, -0.2) is 28.7 Å². The Morgan fingerprint density at radius 1 is 1.06 bits per heavy atom. The number of amides is 3. The Balaban J connectivity index is 1.65. The van der Waals surface area contributed by atoms with E-state index < -0.39 is 6.04 Å². The predicted octanol–water partition coefficient (Wildman–Crippen LogP) is 4.73. The molecule has 0 saturated carbocycles. The summed E-state index contributed by atoms with van der Waals surface area (Å²) in [6.45, 7) is 11.8. The third-order valence-corrected chi connectivity index (χ3v) is 6.17. The third-order valence-electron chi connectivity index (χ3n) is 5.41. The van der Waals surface area contributed by atoms with E-state index >= 15 is 0 Å². The van der Waals surface area contributed by atoms with Crippen molar-refractivity contribution in [1.29, 1.82) is 0 Å². The van der Waals surface area contributed by atoms with Crippen LogP contribution in [0.25, 0.3) is 11.5 Å². The van der Waals surface area contributed by atoms with Gasteiger partial charge in [0.05, 0.1) is 6.54 Å². The van der Waals surface area contributed by atoms with Gasteiger partial charge in [-0.25, -0.2) is 4.98 Å². The van der Waals surface area contributed by atoms with E-state index in [1.54, 1.807) is 29.6 Å². The molecule has 0 fully saturated rings. The zero-order valence-corrected chi connectivity index (χ0v) is 21.7. The van der Waals surface area contributed by atoms with Crippen LogP contribution in [0.3, 0.4) is 0 Å². The molecule has 1 aromatic carbocycles. The van der Waals surface area contributed by atoms with E-state index in [4.69, 9.17) is 4.42 Å². The summed E-state index contributed by atoms with van der Waals surface area (Å²) in [5, 5.41) is 10.5. The quantitative estimate of drug-likeness (QED) is 0.417. The molecule has 9 heteroatoms. The Hall–Kier alpha value is -3.46. The van der Waals surface area contributed by atoms with Crippen molar-refractivity contribution < 1.29 is 18.8 Å². The molecule has 0 aliphatic rings. The Morgan fingerprint density at radius 3 is 2.34 bits per heavy atom. The summed E-state index contributed by atoms with van der Waals surface area (Å²) in [6.07, 6.45) is 0. The van der Waals surface area contributed by atoms with E-state index in [9.17, 15) is 14.4 Å². The van der Waals surface area contributed by atoms with Crippen LogP contribution in [-0.2, 0) is 21.5 Å². The van der Waals surface area contributed by atoms with Crippen molar-refractivity contribution >= 4 is 34.2 Å². The number of benzene rings is 1. The first-order valence-electron chi connectivity index (χ1n) is 11.5. The molecule has 3 rings (SSSR count). The van der Waals surface area contributed by atoms with Gasteiger partial charge in [-0.3, -0.25) is 14.4 Å². The van der Waals surface area contributed by atoms with Gasteiger partial charge in [0.15, 0.2) is 10.9 Å². The molecule has 8 nitrogen and oxygen atoms in total. The maximum atomic E-state index is 13.0. The van der Waals surface area contributed by atoms with Gasteiger partial charge in [0.2, 0.25) is 11.8 Å². The maximum Gasteiger partial charge on any atom is 0.251 e. The summed E-state index contributed by atoms with van der Waals surface area (Å²) in [5.41, 5.74) is 2.19. The van der Waals surface area contributed by atoms with Crippen LogP contribution in [0, 0.1) is 5.92 Å². The van der Waals surface area contributed by atoms with Crippen LogP contribution in [0.2, 0.25) is 0 Å². The first kappa shape index (κ1) is 26.2. The molecule has 0 aliphatic heterocycles. The van der Waals surface area contributed by atoms with Crippen LogP contribution in [0.4, 0.5) is 5.13 Å². The molecule has 0 radical (unpaired) electrons. The molecule has 2 heterocycles. The summed E-state index contributed by atoms with van der Waals surface area (Å²) in [4.78, 5) is 41.3. The number of furan rings is 1. The SMILES string of the molecule is CC(=O)NCc1ccc(-c2csc(NC(=O)[C@@H](NC(=O)c3ccc(C(C)(C)C)cc3)C(C)C)n2)o1. The Morgan fingerprint density at radius 2 is 1.74 bits per heavy atom. The fraction of sp³-hybridized carbons (Fsp3) is 0.385. The Labute approximate surface area is 209 Å². The fourth-order valence-electron chi connectivity index (χ4n) is 3.33. The molecule has 2 aromatic heterocycles. The molecule has 0 unspecified atom stereocenters. The van der Waals surface area contributed by atoms with E-state index in [1.165, 1.54) is 18.3 Å². The van der Waals surface area contributed by atoms with Crippen molar-refractivity contribution in [3.8, 4) is 11.5 Å². The molecule has 0 spiro atoms. The Bertz CT molecular complexity index is 1190. The topological polar surface area (TPSA) is 113 Å². The average molecular weight is 497 g/mol. The van der Waals surface area contributed by atoms with Crippen molar-refractivity contribution in [2.24, 2.45) is 5.92 Å². The van der Waals surface area contributed by atoms with E-state index in [2.05, 4.69) is 41.7 Å². The molecule has 0 bridgehead atoms. The van der Waals surface area contributed by atoms with Crippen LogP contribution in [0.15, 0.2) is 46.2 Å². The monoisotopic (exact) mass is 496 g/mol. The molecule has 3 N–H and O–H groups in total. The average Bonchev–Trinajstić information content (AvgIpc) is 3.44. The molecular weight excluding hydrogens is 464 g/mol. The van der Waals surface area contributed by atoms with E-state index in [1.807, 2.05) is 26.0 Å². The summed E-state index contributed by atoms with van der Waals surface area (Å²) in [6, 6.07) is 10.2. The summed E-state index contributed by atoms with van der Waals surface area (Å²) < 4.78 is 5.71. The lowest BCUT2D eigenvalue weighted by Gasteiger charge is -2.22. The number of anilines is 1. The highest BCUT2D eigenvalue weighted by molar-refractivity contribution is 7.14. The number of thiazole rings is 1. The first-order valence-corrected chi connectivity index (χ1v) is 12.3. The van der Waals surface area contributed by atoms with Crippen molar-refractivity contribution in [3.05, 3.63) is 58.7 Å². The first-order chi connectivity index (χ1) is 16.4. The number of carbonyl (C=O) groups is 3. The van der Waals surface area contributed by atoms with E-state index in [0.29, 0.717) is 27.9 Å². The zero-order valence-electron chi connectivity index (χ0n) is 20.9. The van der Waals surface area contributed by atoms with Crippen molar-refractivity contribution in [1.82, 2.24) is 15.6 Å². The number of hydrogen-bond donors (Lipinski definition) is 3. The molecule has 186 valence electrons. The van der Waals surface area contributed by atoms with E-state index in [0.717, 1.165) is 5.56 Å². The smallest absolute Gasteiger partial charge is 0.251 e. The largest absolute Gasteiger partial charge is 0.458 e. The molecule has 35 heavy (non-hydrogen) atoms. The second kappa shape index (κ2) is 10.9. The number of carbonyl (C=O) groups excluding carboxylic acids is 3. The van der Waals surface area contributed by atoms with Gasteiger partial charge in [-0.15, -0.1) is 11.3 Å². The van der Waals surface area contributed by atoms with Gasteiger partial charge in [0.1, 0.15) is 17.5 Å². The lowest BCUT2D eigenvalue weighted by molar-refractivity contribution is -0.119. The molecule has 3 aromatic rings. The molecule has 0 saturated heterocycles. The van der Waals surface area contributed by atoms with Gasteiger partial charge < -0.3 is 20.4 Å². The predicted molar refractivity (Wildman–Crippen MR) is 137 cm³/mol. The van der Waals surface area contributed by atoms with Crippen molar-refractivity contribution in [3.63, 3.8) is 0 Å². The maximum absolute atomic E-state index is 13.0. The van der Waals surface area contributed by atoms with Crippen LogP contribution < -0.4 is 16.0 Å². The summed E-state index contributed by atoms with van der Waals surface area (Å²) in [7, 11) is 0. The molecule has 1 atom stereocenters. The van der Waals surface area contributed by atoms with Crippen LogP contribution in [0.1, 0.15) is 63.2 Å². The van der Waals surface area contributed by atoms with Gasteiger partial charge in [-0.1, -0.05) is 46.8 Å². The summed E-state index contributed by atoms with van der Waals surface area (Å²) in [5.74, 6) is 0.221. The second-order valence-electron chi connectivity index (χ2n) is 9.73. The highest BCUT2D eigenvalue weighted by Crippen LogP contribution is 2.27. The molecule has 0 aliphatic carbocycles. The summed E-state index contributed by atoms with van der Waals surface area (Å²) >= 11 is 1.26. The lowest BCUT2D eigenvalue weighted by Crippen LogP contribution is -2.47. The zero-order chi connectivity index (χ0) is 25.8. The van der Waals surface area contributed by atoms with Crippen molar-refractivity contribution in [2.45, 2.75) is 59.5 Å². The minimum Gasteiger partial charge on any atom is -0.458 e. The number of nitrogens with zero attached hydrogens (tertiary/aromatic N) is 1. The van der Waals surface area contributed by atoms with Gasteiger partial charge >= 0.3 is 0 Å². The third kappa shape index (κ3) is 7.02. The highest BCUT2D eigenvalue weighted by Gasteiger charge is 2.26. The van der Waals surface area contributed by atoms with Gasteiger partial charge in [-0.2, -0.15) is 0 Å². The van der Waals surface area contributed by atoms with Gasteiger partial charge in [0.25, 0.3) is 5.91 Å². The fourth-order valence-corrected chi connectivity index (χ4v) is 4.03. The van der Waals surface area contributed by atoms with Gasteiger partial charge in [0, 0.05) is 17.9 Å². The van der Waals surface area contributed by atoms with Gasteiger partial charge in [-0.05, 0) is 41.2 Å². The van der Waals surface area contributed by atoms with Crippen LogP contribution >= 0.6 is 11.3 Å². The van der Waals surface area contributed by atoms with E-state index in [-0.39, 0.29) is 35.6 Å². The Kier molecular flexibility index (Phi) is 8.11. The minimum absolute atomic E-state index is 0.00935. The highest BCUT2D eigenvalue weighted by atomic mass is 32.1. The molecule has 3 amide bonds. The lowest BCUT2D eigenvalue weighted by atomic mass is 9.86. The number of rotatable bonds is 8. The molecular formula is C26H32N4O4S. The minimum atomic E-state index is -0.731.